The highest BCUT2D eigenvalue weighted by atomic mass is 16.5. The van der Waals surface area contributed by atoms with Crippen molar-refractivity contribution in [1.82, 2.24) is 0 Å². The highest BCUT2D eigenvalue weighted by Gasteiger charge is 2.12. The van der Waals surface area contributed by atoms with Crippen LogP contribution in [0.5, 0.6) is 5.75 Å². The number of phenolic OH excluding ortho intramolecular Hbond substituents is 1. The molecular weight excluding hydrogens is 276 g/mol. The molecule has 0 unspecified atom stereocenters. The maximum absolute atomic E-state index is 12.2. The Balaban J connectivity index is 1.96. The Kier molecular flexibility index (Phi) is 5.82. The molecule has 2 rings (SSSR count). The van der Waals surface area contributed by atoms with Crippen molar-refractivity contribution in [3.63, 3.8) is 0 Å². The molecule has 0 aliphatic rings. The van der Waals surface area contributed by atoms with Crippen molar-refractivity contribution >= 4 is 16.7 Å². The monoisotopic (exact) mass is 300 g/mol. The van der Waals surface area contributed by atoms with E-state index in [-0.39, 0.29) is 17.8 Å². The van der Waals surface area contributed by atoms with E-state index >= 15 is 0 Å². The van der Waals surface area contributed by atoms with Gasteiger partial charge in [-0.25, -0.2) is 4.79 Å². The van der Waals surface area contributed by atoms with Gasteiger partial charge in [0.15, 0.2) is 0 Å². The Labute approximate surface area is 131 Å². The minimum Gasteiger partial charge on any atom is -0.508 e. The fourth-order valence-electron chi connectivity index (χ4n) is 2.53. The molecule has 0 aliphatic carbocycles. The molecule has 0 aliphatic heterocycles. The maximum Gasteiger partial charge on any atom is 0.338 e. The molecule has 3 nitrogen and oxygen atoms in total. The largest absolute Gasteiger partial charge is 0.508 e. The Bertz CT molecular complexity index is 634. The Morgan fingerprint density at radius 1 is 1.09 bits per heavy atom. The van der Waals surface area contributed by atoms with Crippen molar-refractivity contribution in [3.05, 3.63) is 42.0 Å². The van der Waals surface area contributed by atoms with Gasteiger partial charge < -0.3 is 9.84 Å². The average Bonchev–Trinajstić information content (AvgIpc) is 2.51. The Hall–Kier alpha value is -2.03. The van der Waals surface area contributed by atoms with Crippen LogP contribution in [0.3, 0.4) is 0 Å². The third-order valence-corrected chi connectivity index (χ3v) is 3.83. The zero-order valence-corrected chi connectivity index (χ0v) is 13.3. The van der Waals surface area contributed by atoms with Crippen molar-refractivity contribution in [2.75, 3.05) is 0 Å². The number of carbonyl (C=O) groups excluding carboxylic acids is 1. The molecule has 0 saturated heterocycles. The molecule has 0 spiro atoms. The Morgan fingerprint density at radius 2 is 1.82 bits per heavy atom. The van der Waals surface area contributed by atoms with Crippen LogP contribution < -0.4 is 0 Å². The molecule has 1 atom stereocenters. The molecule has 118 valence electrons. The SMILES string of the molecule is CCCCCC[C@@H](C)OC(=O)c1ccc2cc(O)ccc2c1. The third-order valence-electron chi connectivity index (χ3n) is 3.83. The van der Waals surface area contributed by atoms with Crippen molar-refractivity contribution in [1.29, 1.82) is 0 Å². The fourth-order valence-corrected chi connectivity index (χ4v) is 2.53. The van der Waals surface area contributed by atoms with E-state index in [0.29, 0.717) is 5.56 Å². The number of phenols is 1. The predicted molar refractivity (Wildman–Crippen MR) is 89.2 cm³/mol. The van der Waals surface area contributed by atoms with Crippen LogP contribution in [0, 0.1) is 0 Å². The van der Waals surface area contributed by atoms with Crippen molar-refractivity contribution < 1.29 is 14.6 Å². The molecule has 0 radical (unpaired) electrons. The highest BCUT2D eigenvalue weighted by molar-refractivity contribution is 5.95. The van der Waals surface area contributed by atoms with Crippen LogP contribution >= 0.6 is 0 Å². The number of esters is 1. The van der Waals surface area contributed by atoms with E-state index in [1.165, 1.54) is 19.3 Å². The average molecular weight is 300 g/mol. The van der Waals surface area contributed by atoms with Gasteiger partial charge in [-0.1, -0.05) is 38.3 Å². The summed E-state index contributed by atoms with van der Waals surface area (Å²) in [6, 6.07) is 10.5. The second-order valence-electron chi connectivity index (χ2n) is 5.81. The van der Waals surface area contributed by atoms with Crippen LogP contribution in [-0.4, -0.2) is 17.2 Å². The van der Waals surface area contributed by atoms with Gasteiger partial charge in [0.2, 0.25) is 0 Å². The van der Waals surface area contributed by atoms with Crippen molar-refractivity contribution in [3.8, 4) is 5.75 Å². The molecule has 0 amide bonds. The summed E-state index contributed by atoms with van der Waals surface area (Å²) in [6.07, 6.45) is 5.59. The van der Waals surface area contributed by atoms with E-state index in [9.17, 15) is 9.90 Å². The van der Waals surface area contributed by atoms with Crippen LogP contribution in [0.15, 0.2) is 36.4 Å². The summed E-state index contributed by atoms with van der Waals surface area (Å²) >= 11 is 0. The molecular formula is C19H24O3. The number of hydrogen-bond donors (Lipinski definition) is 1. The zero-order valence-electron chi connectivity index (χ0n) is 13.3. The van der Waals surface area contributed by atoms with Crippen molar-refractivity contribution in [2.24, 2.45) is 0 Å². The van der Waals surface area contributed by atoms with Gasteiger partial charge in [0.25, 0.3) is 0 Å². The van der Waals surface area contributed by atoms with Gasteiger partial charge in [-0.2, -0.15) is 0 Å². The number of aromatic hydroxyl groups is 1. The van der Waals surface area contributed by atoms with Crippen molar-refractivity contribution in [2.45, 2.75) is 52.1 Å². The molecule has 1 N–H and O–H groups in total. The minimum atomic E-state index is -0.280. The number of benzene rings is 2. The van der Waals surface area contributed by atoms with E-state index < -0.39 is 0 Å². The zero-order chi connectivity index (χ0) is 15.9. The molecule has 22 heavy (non-hydrogen) atoms. The van der Waals surface area contributed by atoms with Gasteiger partial charge in [0.1, 0.15) is 5.75 Å². The van der Waals surface area contributed by atoms with Gasteiger partial charge in [-0.3, -0.25) is 0 Å². The number of ether oxygens (including phenoxy) is 1. The van der Waals surface area contributed by atoms with Gasteiger partial charge >= 0.3 is 5.97 Å². The van der Waals surface area contributed by atoms with Crippen LogP contribution in [0.1, 0.15) is 56.3 Å². The first kappa shape index (κ1) is 16.3. The molecule has 3 heteroatoms. The Morgan fingerprint density at radius 3 is 2.59 bits per heavy atom. The lowest BCUT2D eigenvalue weighted by atomic mass is 10.1. The summed E-state index contributed by atoms with van der Waals surface area (Å²) in [7, 11) is 0. The van der Waals surface area contributed by atoms with Crippen LogP contribution in [0.4, 0.5) is 0 Å². The van der Waals surface area contributed by atoms with Gasteiger partial charge in [0.05, 0.1) is 11.7 Å². The lowest BCUT2D eigenvalue weighted by molar-refractivity contribution is 0.0319. The summed E-state index contributed by atoms with van der Waals surface area (Å²) in [5.41, 5.74) is 0.554. The molecule has 0 aromatic heterocycles. The van der Waals surface area contributed by atoms with Gasteiger partial charge in [-0.15, -0.1) is 0 Å². The molecule has 0 fully saturated rings. The molecule has 0 saturated carbocycles. The highest BCUT2D eigenvalue weighted by Crippen LogP contribution is 2.22. The summed E-state index contributed by atoms with van der Waals surface area (Å²) in [6.45, 7) is 4.13. The second-order valence-corrected chi connectivity index (χ2v) is 5.81. The summed E-state index contributed by atoms with van der Waals surface area (Å²) in [5, 5.41) is 11.3. The minimum absolute atomic E-state index is 0.0557. The van der Waals surface area contributed by atoms with Gasteiger partial charge in [-0.05, 0) is 54.8 Å². The number of unbranched alkanes of at least 4 members (excludes halogenated alkanes) is 3. The number of carbonyl (C=O) groups is 1. The molecule has 0 bridgehead atoms. The summed E-state index contributed by atoms with van der Waals surface area (Å²) in [5.74, 6) is -0.0542. The lowest BCUT2D eigenvalue weighted by Gasteiger charge is -2.13. The van der Waals surface area contributed by atoms with E-state index in [1.54, 1.807) is 30.3 Å². The molecule has 2 aromatic rings. The fraction of sp³-hybridized carbons (Fsp3) is 0.421. The summed E-state index contributed by atoms with van der Waals surface area (Å²) < 4.78 is 5.50. The van der Waals surface area contributed by atoms with Crippen LogP contribution in [0.25, 0.3) is 10.8 Å². The summed E-state index contributed by atoms with van der Waals surface area (Å²) in [4.78, 5) is 12.2. The predicted octanol–water partition coefficient (Wildman–Crippen LogP) is 5.06. The number of rotatable bonds is 7. The number of hydrogen-bond acceptors (Lipinski definition) is 3. The molecule has 0 heterocycles. The smallest absolute Gasteiger partial charge is 0.338 e. The first-order chi connectivity index (χ1) is 10.6. The number of fused-ring (bicyclic) bond motifs is 1. The van der Waals surface area contributed by atoms with E-state index in [1.807, 2.05) is 13.0 Å². The van der Waals surface area contributed by atoms with E-state index in [4.69, 9.17) is 4.74 Å². The van der Waals surface area contributed by atoms with Gasteiger partial charge in [0, 0.05) is 0 Å². The first-order valence-electron chi connectivity index (χ1n) is 8.04. The van der Waals surface area contributed by atoms with E-state index in [2.05, 4.69) is 6.92 Å². The second kappa shape index (κ2) is 7.83. The third kappa shape index (κ3) is 4.48. The normalized spacial score (nSPS) is 12.3. The maximum atomic E-state index is 12.2. The lowest BCUT2D eigenvalue weighted by Crippen LogP contribution is -2.15. The van der Waals surface area contributed by atoms with E-state index in [0.717, 1.165) is 23.6 Å². The van der Waals surface area contributed by atoms with Crippen LogP contribution in [0.2, 0.25) is 0 Å². The standard InChI is InChI=1S/C19H24O3/c1-3-4-5-6-7-14(2)22-19(21)17-9-8-16-13-18(20)11-10-15(16)12-17/h8-14,20H,3-7H2,1-2H3/t14-/m1/s1. The topological polar surface area (TPSA) is 46.5 Å². The molecule has 2 aromatic carbocycles. The quantitative estimate of drug-likeness (QED) is 0.574. The first-order valence-corrected chi connectivity index (χ1v) is 8.04. The van der Waals surface area contributed by atoms with Crippen LogP contribution in [-0.2, 0) is 4.74 Å².